The lowest BCUT2D eigenvalue weighted by molar-refractivity contribution is -0.149. The summed E-state index contributed by atoms with van der Waals surface area (Å²) in [5.41, 5.74) is -4.46. The number of hydrogen-bond donors (Lipinski definition) is 0. The van der Waals surface area contributed by atoms with Crippen molar-refractivity contribution < 1.29 is 49.9 Å². The fraction of sp³-hybridized carbons (Fsp3) is 0.444. The maximum absolute atomic E-state index is 14.1. The highest BCUT2D eigenvalue weighted by atomic mass is 19.4. The molecule has 42 heavy (non-hydrogen) atoms. The molecular weight excluding hydrogens is 577 g/mol. The van der Waals surface area contributed by atoms with Crippen LogP contribution in [0.5, 0.6) is 5.75 Å². The number of rotatable bonds is 6. The molecule has 226 valence electrons. The molecule has 0 spiro atoms. The topological polar surface area (TPSA) is 73.4 Å². The Labute approximate surface area is 235 Å². The summed E-state index contributed by atoms with van der Waals surface area (Å²) in [5, 5.41) is 0. The van der Waals surface area contributed by atoms with Crippen LogP contribution in [0.2, 0.25) is 0 Å². The zero-order valence-electron chi connectivity index (χ0n) is 22.1. The van der Waals surface area contributed by atoms with Crippen LogP contribution in [0.25, 0.3) is 0 Å². The van der Waals surface area contributed by atoms with E-state index in [9.17, 15) is 45.1 Å². The fourth-order valence-electron chi connectivity index (χ4n) is 5.42. The number of benzene rings is 2. The van der Waals surface area contributed by atoms with E-state index in [2.05, 4.69) is 0 Å². The number of nitrogens with zero attached hydrogens (tertiary/aromatic N) is 4. The number of alkyl halides is 6. The molecule has 2 aromatic carbocycles. The van der Waals surface area contributed by atoms with E-state index >= 15 is 0 Å². The summed E-state index contributed by atoms with van der Waals surface area (Å²) < 4.78 is 102. The zero-order valence-corrected chi connectivity index (χ0v) is 22.1. The van der Waals surface area contributed by atoms with Crippen LogP contribution in [0.15, 0.2) is 36.4 Å². The molecule has 4 fully saturated rings. The maximum atomic E-state index is 14.1. The number of ether oxygens (including phenoxy) is 1. The van der Waals surface area contributed by atoms with Gasteiger partial charge in [-0.3, -0.25) is 14.6 Å². The number of anilines is 2. The Morgan fingerprint density at radius 1 is 0.952 bits per heavy atom. The van der Waals surface area contributed by atoms with Gasteiger partial charge in [0, 0.05) is 51.4 Å². The monoisotopic (exact) mass is 602 g/mol. The molecule has 0 aromatic heterocycles. The Morgan fingerprint density at radius 3 is 2.19 bits per heavy atom. The summed E-state index contributed by atoms with van der Waals surface area (Å²) in [4.78, 5) is 42.9. The largest absolute Gasteiger partial charge is 0.420 e. The van der Waals surface area contributed by atoms with Crippen molar-refractivity contribution in [2.45, 2.75) is 25.2 Å². The van der Waals surface area contributed by atoms with Crippen LogP contribution in [0.3, 0.4) is 0 Å². The lowest BCUT2D eigenvalue weighted by atomic mass is 9.70. The second-order valence-electron chi connectivity index (χ2n) is 10.5. The summed E-state index contributed by atoms with van der Waals surface area (Å²) >= 11 is 0. The van der Waals surface area contributed by atoms with E-state index in [0.717, 1.165) is 49.1 Å². The first-order valence-corrected chi connectivity index (χ1v) is 13.0. The third-order valence-corrected chi connectivity index (χ3v) is 7.78. The van der Waals surface area contributed by atoms with Crippen molar-refractivity contribution in [2.24, 2.45) is 11.8 Å². The number of amides is 4. The number of piperidine rings is 2. The fourth-order valence-corrected chi connectivity index (χ4v) is 5.42. The Kier molecular flexibility index (Phi) is 7.47. The van der Waals surface area contributed by atoms with E-state index in [1.54, 1.807) is 4.90 Å². The number of halogens is 7. The Hall–Kier alpha value is -4.04. The van der Waals surface area contributed by atoms with Crippen molar-refractivity contribution >= 4 is 29.4 Å². The average molecular weight is 603 g/mol. The molecule has 6 rings (SSSR count). The van der Waals surface area contributed by atoms with Crippen molar-refractivity contribution in [1.29, 1.82) is 0 Å². The van der Waals surface area contributed by atoms with Crippen LogP contribution in [0.1, 0.15) is 24.0 Å². The Bertz CT molecular complexity index is 1390. The van der Waals surface area contributed by atoms with Gasteiger partial charge in [-0.1, -0.05) is 0 Å². The SMILES string of the molecule is CN(C(=O)Oc1c(N2CCN(CCN3CC4CC(C4)C3=O)C2=O)cc(C(F)(F)F)cc1C(F)(F)F)c1ccc(F)cc1. The van der Waals surface area contributed by atoms with E-state index in [-0.39, 0.29) is 49.8 Å². The van der Waals surface area contributed by atoms with Gasteiger partial charge in [-0.15, -0.1) is 0 Å². The molecule has 3 aliphatic heterocycles. The Morgan fingerprint density at radius 2 is 1.60 bits per heavy atom. The average Bonchev–Trinajstić information content (AvgIpc) is 3.25. The third kappa shape index (κ3) is 5.68. The van der Waals surface area contributed by atoms with Crippen LogP contribution in [-0.2, 0) is 17.1 Å². The molecule has 3 heterocycles. The number of fused-ring (bicyclic) bond motifs is 2. The highest BCUT2D eigenvalue weighted by molar-refractivity contribution is 5.97. The normalized spacial score (nSPS) is 20.6. The minimum atomic E-state index is -5.40. The zero-order chi connectivity index (χ0) is 30.6. The summed E-state index contributed by atoms with van der Waals surface area (Å²) in [5.74, 6) is -1.63. The molecule has 0 N–H and O–H groups in total. The van der Waals surface area contributed by atoms with Gasteiger partial charge in [0.2, 0.25) is 5.91 Å². The second kappa shape index (κ2) is 10.7. The molecule has 2 aromatic rings. The van der Waals surface area contributed by atoms with Gasteiger partial charge in [-0.25, -0.2) is 14.0 Å². The molecule has 4 aliphatic rings. The van der Waals surface area contributed by atoms with Gasteiger partial charge in [0.1, 0.15) is 11.4 Å². The third-order valence-electron chi connectivity index (χ3n) is 7.78. The minimum absolute atomic E-state index is 0.0219. The molecular formula is C27H25F7N4O4. The summed E-state index contributed by atoms with van der Waals surface area (Å²) in [7, 11) is 1.11. The quantitative estimate of drug-likeness (QED) is 0.403. The number of carbonyl (C=O) groups excluding carboxylic acids is 3. The lowest BCUT2D eigenvalue weighted by Crippen LogP contribution is -2.54. The smallest absolute Gasteiger partial charge is 0.407 e. The van der Waals surface area contributed by atoms with Crippen molar-refractivity contribution in [2.75, 3.05) is 49.6 Å². The summed E-state index contributed by atoms with van der Waals surface area (Å²) in [6.07, 6.45) is -10.4. The first-order valence-electron chi connectivity index (χ1n) is 13.0. The summed E-state index contributed by atoms with van der Waals surface area (Å²) in [6.45, 7) is 0.384. The second-order valence-corrected chi connectivity index (χ2v) is 10.5. The number of hydrogen-bond acceptors (Lipinski definition) is 4. The summed E-state index contributed by atoms with van der Waals surface area (Å²) in [6, 6.07) is 3.51. The van der Waals surface area contributed by atoms with Crippen LogP contribution in [0.4, 0.5) is 51.7 Å². The van der Waals surface area contributed by atoms with E-state index in [0.29, 0.717) is 23.4 Å². The standard InChI is InChI=1S/C27H25F7N4O4/c1-35(19-4-2-18(28)3-5-19)25(41)42-22-20(27(32,33)34)12-17(26(29,30)31)13-21(22)38-9-8-36(24(38)40)6-7-37-14-15-10-16(11-15)23(37)39/h2-5,12-13,15-16H,6-11,14H2,1H3. The molecule has 4 amide bonds. The van der Waals surface area contributed by atoms with Crippen molar-refractivity contribution in [1.82, 2.24) is 9.80 Å². The highest BCUT2D eigenvalue weighted by Gasteiger charge is 2.45. The predicted octanol–water partition coefficient (Wildman–Crippen LogP) is 5.61. The van der Waals surface area contributed by atoms with Gasteiger partial charge >= 0.3 is 24.5 Å². The van der Waals surface area contributed by atoms with Gasteiger partial charge in [0.05, 0.1) is 11.3 Å². The molecule has 1 aliphatic carbocycles. The number of carbonyl (C=O) groups is 3. The van der Waals surface area contributed by atoms with Gasteiger partial charge in [-0.05, 0) is 55.2 Å². The molecule has 2 bridgehead atoms. The van der Waals surface area contributed by atoms with Crippen molar-refractivity contribution in [3.8, 4) is 5.75 Å². The van der Waals surface area contributed by atoms with Gasteiger partial charge in [-0.2, -0.15) is 26.3 Å². The van der Waals surface area contributed by atoms with Gasteiger partial charge in [0.25, 0.3) is 0 Å². The van der Waals surface area contributed by atoms with Crippen LogP contribution in [0, 0.1) is 17.7 Å². The molecule has 3 saturated heterocycles. The minimum Gasteiger partial charge on any atom is -0.407 e. The molecule has 0 radical (unpaired) electrons. The van der Waals surface area contributed by atoms with E-state index in [4.69, 9.17) is 4.74 Å². The lowest BCUT2D eigenvalue weighted by Gasteiger charge is -2.46. The van der Waals surface area contributed by atoms with Crippen molar-refractivity contribution in [3.63, 3.8) is 0 Å². The van der Waals surface area contributed by atoms with E-state index in [1.165, 1.54) is 4.90 Å². The highest BCUT2D eigenvalue weighted by Crippen LogP contribution is 2.47. The van der Waals surface area contributed by atoms with Crippen LogP contribution < -0.4 is 14.5 Å². The molecule has 8 nitrogen and oxygen atoms in total. The number of urea groups is 1. The first kappa shape index (κ1) is 29.5. The van der Waals surface area contributed by atoms with Crippen LogP contribution in [-0.4, -0.2) is 67.6 Å². The molecule has 0 unspecified atom stereocenters. The Balaban J connectivity index is 1.45. The van der Waals surface area contributed by atoms with E-state index < -0.39 is 52.9 Å². The van der Waals surface area contributed by atoms with Crippen LogP contribution >= 0.6 is 0 Å². The molecule has 1 saturated carbocycles. The molecule has 15 heteroatoms. The predicted molar refractivity (Wildman–Crippen MR) is 134 cm³/mol. The van der Waals surface area contributed by atoms with Gasteiger partial charge in [0.15, 0.2) is 5.75 Å². The van der Waals surface area contributed by atoms with E-state index in [1.807, 2.05) is 0 Å². The van der Waals surface area contributed by atoms with Crippen molar-refractivity contribution in [3.05, 3.63) is 53.3 Å². The first-order chi connectivity index (χ1) is 19.6. The maximum Gasteiger partial charge on any atom is 0.420 e. The van der Waals surface area contributed by atoms with Gasteiger partial charge < -0.3 is 14.5 Å². The molecule has 0 atom stereocenters.